The van der Waals surface area contributed by atoms with E-state index in [1.54, 1.807) is 0 Å². The summed E-state index contributed by atoms with van der Waals surface area (Å²) in [5.74, 6) is 0. The van der Waals surface area contributed by atoms with Crippen molar-refractivity contribution in [2.45, 2.75) is 44.7 Å². The quantitative estimate of drug-likeness (QED) is 0.807. The van der Waals surface area contributed by atoms with Crippen molar-refractivity contribution in [3.05, 3.63) is 24.0 Å². The molecule has 0 radical (unpaired) electrons. The molecule has 1 atom stereocenters. The molecule has 1 heterocycles. The number of hydrogen-bond donors (Lipinski definition) is 2. The fourth-order valence-electron chi connectivity index (χ4n) is 2.32. The molecule has 2 rings (SSSR count). The zero-order chi connectivity index (χ0) is 13.0. The van der Waals surface area contributed by atoms with Crippen LogP contribution in [0.15, 0.2) is 18.3 Å². The van der Waals surface area contributed by atoms with Gasteiger partial charge in [0.2, 0.25) is 0 Å². The largest absolute Gasteiger partial charge is 0.395 e. The minimum atomic E-state index is 0.0223. The summed E-state index contributed by atoms with van der Waals surface area (Å²) in [6.07, 6.45) is 6.51. The standard InChI is InChI=1S/C14H23N3O/c1-2-13(15)14-7-6-12(10-16-14)17(8-9-18)11-4-3-5-11/h6-7,10-11,13,18H,2-5,8-9,15H2,1H3/t13-/m1/s1. The first-order chi connectivity index (χ1) is 8.76. The molecule has 0 aromatic carbocycles. The van der Waals surface area contributed by atoms with Gasteiger partial charge < -0.3 is 15.7 Å². The number of aromatic nitrogens is 1. The summed E-state index contributed by atoms with van der Waals surface area (Å²) in [7, 11) is 0. The lowest BCUT2D eigenvalue weighted by Gasteiger charge is -2.38. The Hall–Kier alpha value is -1.13. The number of pyridine rings is 1. The highest BCUT2D eigenvalue weighted by Crippen LogP contribution is 2.29. The van der Waals surface area contributed by atoms with Crippen LogP contribution in [0.1, 0.15) is 44.3 Å². The van der Waals surface area contributed by atoms with Gasteiger partial charge in [0, 0.05) is 18.6 Å². The van der Waals surface area contributed by atoms with Gasteiger partial charge in [0.1, 0.15) is 0 Å². The van der Waals surface area contributed by atoms with E-state index in [4.69, 9.17) is 10.8 Å². The Morgan fingerprint density at radius 1 is 1.50 bits per heavy atom. The lowest BCUT2D eigenvalue weighted by atomic mass is 9.91. The van der Waals surface area contributed by atoms with Crippen LogP contribution < -0.4 is 10.6 Å². The Morgan fingerprint density at radius 2 is 2.28 bits per heavy atom. The third-order valence-corrected chi connectivity index (χ3v) is 3.78. The molecule has 0 unspecified atom stereocenters. The van der Waals surface area contributed by atoms with E-state index in [1.165, 1.54) is 19.3 Å². The molecule has 1 aliphatic carbocycles. The number of aliphatic hydroxyl groups excluding tert-OH is 1. The van der Waals surface area contributed by atoms with E-state index in [0.29, 0.717) is 12.6 Å². The molecule has 1 aromatic heterocycles. The van der Waals surface area contributed by atoms with Crippen molar-refractivity contribution in [3.8, 4) is 0 Å². The molecule has 0 aliphatic heterocycles. The third-order valence-electron chi connectivity index (χ3n) is 3.78. The van der Waals surface area contributed by atoms with Crippen LogP contribution in [0.3, 0.4) is 0 Å². The third kappa shape index (κ3) is 2.82. The number of anilines is 1. The maximum atomic E-state index is 9.17. The molecule has 1 aromatic rings. The Bertz CT molecular complexity index is 362. The molecular weight excluding hydrogens is 226 g/mol. The molecule has 4 heteroatoms. The average Bonchev–Trinajstić information content (AvgIpc) is 2.35. The highest BCUT2D eigenvalue weighted by molar-refractivity contribution is 5.46. The Morgan fingerprint density at radius 3 is 2.72 bits per heavy atom. The van der Waals surface area contributed by atoms with Gasteiger partial charge in [-0.2, -0.15) is 0 Å². The van der Waals surface area contributed by atoms with Gasteiger partial charge >= 0.3 is 0 Å². The first-order valence-corrected chi connectivity index (χ1v) is 6.85. The van der Waals surface area contributed by atoms with Gasteiger partial charge in [0.25, 0.3) is 0 Å². The molecule has 0 bridgehead atoms. The van der Waals surface area contributed by atoms with Gasteiger partial charge in [-0.25, -0.2) is 0 Å². The van der Waals surface area contributed by atoms with Crippen LogP contribution in [-0.2, 0) is 0 Å². The van der Waals surface area contributed by atoms with E-state index >= 15 is 0 Å². The van der Waals surface area contributed by atoms with Crippen molar-refractivity contribution in [1.82, 2.24) is 4.98 Å². The van der Waals surface area contributed by atoms with Crippen LogP contribution in [0.2, 0.25) is 0 Å². The molecule has 0 saturated heterocycles. The van der Waals surface area contributed by atoms with Crippen LogP contribution in [0, 0.1) is 0 Å². The van der Waals surface area contributed by atoms with Crippen LogP contribution in [0.25, 0.3) is 0 Å². The van der Waals surface area contributed by atoms with Crippen molar-refractivity contribution >= 4 is 5.69 Å². The van der Waals surface area contributed by atoms with E-state index in [-0.39, 0.29) is 12.6 Å². The first kappa shape index (κ1) is 13.3. The normalized spacial score (nSPS) is 17.3. The van der Waals surface area contributed by atoms with Gasteiger partial charge in [-0.1, -0.05) is 6.92 Å². The molecule has 1 fully saturated rings. The minimum absolute atomic E-state index is 0.0223. The number of hydrogen-bond acceptors (Lipinski definition) is 4. The van der Waals surface area contributed by atoms with E-state index in [1.807, 2.05) is 12.3 Å². The fourth-order valence-corrected chi connectivity index (χ4v) is 2.32. The van der Waals surface area contributed by atoms with Crippen molar-refractivity contribution in [1.29, 1.82) is 0 Å². The molecule has 3 N–H and O–H groups in total. The Balaban J connectivity index is 2.10. The second-order valence-electron chi connectivity index (χ2n) is 4.96. The topological polar surface area (TPSA) is 62.4 Å². The average molecular weight is 249 g/mol. The van der Waals surface area contributed by atoms with E-state index in [9.17, 15) is 0 Å². The molecule has 1 saturated carbocycles. The molecule has 0 amide bonds. The highest BCUT2D eigenvalue weighted by atomic mass is 16.3. The molecular formula is C14H23N3O. The van der Waals surface area contributed by atoms with E-state index in [2.05, 4.69) is 22.9 Å². The summed E-state index contributed by atoms with van der Waals surface area (Å²) in [6.45, 7) is 2.94. The summed E-state index contributed by atoms with van der Waals surface area (Å²) < 4.78 is 0. The lowest BCUT2D eigenvalue weighted by Crippen LogP contribution is -2.42. The number of aliphatic hydroxyl groups is 1. The fraction of sp³-hybridized carbons (Fsp3) is 0.643. The summed E-state index contributed by atoms with van der Waals surface area (Å²) >= 11 is 0. The van der Waals surface area contributed by atoms with Crippen molar-refractivity contribution < 1.29 is 5.11 Å². The summed E-state index contributed by atoms with van der Waals surface area (Å²) in [6, 6.07) is 4.68. The van der Waals surface area contributed by atoms with Gasteiger partial charge in [-0.15, -0.1) is 0 Å². The predicted molar refractivity (Wildman–Crippen MR) is 73.5 cm³/mol. The molecule has 0 spiro atoms. The molecule has 1 aliphatic rings. The zero-order valence-electron chi connectivity index (χ0n) is 11.0. The van der Waals surface area contributed by atoms with Crippen LogP contribution in [-0.4, -0.2) is 29.3 Å². The maximum absolute atomic E-state index is 9.17. The Kier molecular flexibility index (Phi) is 4.55. The molecule has 18 heavy (non-hydrogen) atoms. The van der Waals surface area contributed by atoms with E-state index in [0.717, 1.165) is 17.8 Å². The van der Waals surface area contributed by atoms with Gasteiger partial charge in [0.15, 0.2) is 0 Å². The monoisotopic (exact) mass is 249 g/mol. The van der Waals surface area contributed by atoms with Crippen molar-refractivity contribution in [2.75, 3.05) is 18.1 Å². The van der Waals surface area contributed by atoms with Crippen molar-refractivity contribution in [2.24, 2.45) is 5.73 Å². The maximum Gasteiger partial charge on any atom is 0.0606 e. The number of rotatable bonds is 6. The van der Waals surface area contributed by atoms with Gasteiger partial charge in [0.05, 0.1) is 24.2 Å². The van der Waals surface area contributed by atoms with Gasteiger partial charge in [-0.05, 0) is 37.8 Å². The first-order valence-electron chi connectivity index (χ1n) is 6.85. The van der Waals surface area contributed by atoms with Crippen LogP contribution >= 0.6 is 0 Å². The smallest absolute Gasteiger partial charge is 0.0606 e. The Labute approximate surface area is 109 Å². The summed E-state index contributed by atoms with van der Waals surface area (Å²) in [5, 5.41) is 9.17. The predicted octanol–water partition coefficient (Wildman–Crippen LogP) is 1.84. The second kappa shape index (κ2) is 6.16. The zero-order valence-corrected chi connectivity index (χ0v) is 11.0. The summed E-state index contributed by atoms with van der Waals surface area (Å²) in [5.41, 5.74) is 8.00. The van der Waals surface area contributed by atoms with Crippen LogP contribution in [0.5, 0.6) is 0 Å². The van der Waals surface area contributed by atoms with E-state index < -0.39 is 0 Å². The second-order valence-corrected chi connectivity index (χ2v) is 4.96. The lowest BCUT2D eigenvalue weighted by molar-refractivity contribution is 0.283. The van der Waals surface area contributed by atoms with Gasteiger partial charge in [-0.3, -0.25) is 4.98 Å². The highest BCUT2D eigenvalue weighted by Gasteiger charge is 2.25. The minimum Gasteiger partial charge on any atom is -0.395 e. The number of nitrogens with two attached hydrogens (primary N) is 1. The molecule has 100 valence electrons. The number of nitrogens with zero attached hydrogens (tertiary/aromatic N) is 2. The van der Waals surface area contributed by atoms with Crippen LogP contribution in [0.4, 0.5) is 5.69 Å². The summed E-state index contributed by atoms with van der Waals surface area (Å²) in [4.78, 5) is 6.71. The SMILES string of the molecule is CC[C@@H](N)c1ccc(N(CCO)C2CCC2)cn1. The van der Waals surface area contributed by atoms with Crippen molar-refractivity contribution in [3.63, 3.8) is 0 Å². The molecule has 4 nitrogen and oxygen atoms in total.